The van der Waals surface area contributed by atoms with Gasteiger partial charge in [0.2, 0.25) is 0 Å². The van der Waals surface area contributed by atoms with E-state index < -0.39 is 6.09 Å². The number of pyridine rings is 1. The molecule has 0 aromatic carbocycles. The molecule has 2 aromatic heterocycles. The largest absolute Gasteiger partial charge is 0.465 e. The molecule has 1 amide bonds. The predicted octanol–water partition coefficient (Wildman–Crippen LogP) is 1.57. The van der Waals surface area contributed by atoms with Gasteiger partial charge in [0.1, 0.15) is 5.82 Å². The van der Waals surface area contributed by atoms with E-state index in [0.717, 1.165) is 11.3 Å². The van der Waals surface area contributed by atoms with Crippen LogP contribution in [0.4, 0.5) is 10.6 Å². The number of hydrogen-bond acceptors (Lipinski definition) is 3. The third kappa shape index (κ3) is 2.17. The van der Waals surface area contributed by atoms with Gasteiger partial charge in [0.15, 0.2) is 0 Å². The highest BCUT2D eigenvalue weighted by molar-refractivity contribution is 5.82. The molecule has 2 heterocycles. The Balaban J connectivity index is 2.32. The van der Waals surface area contributed by atoms with Gasteiger partial charge in [-0.15, -0.1) is 0 Å². The Morgan fingerprint density at radius 3 is 2.94 bits per heavy atom. The number of rotatable bonds is 2. The van der Waals surface area contributed by atoms with Crippen molar-refractivity contribution in [3.63, 3.8) is 0 Å². The summed E-state index contributed by atoms with van der Waals surface area (Å²) in [5.74, 6) is 0.288. The topological polar surface area (TPSA) is 80.0 Å². The van der Waals surface area contributed by atoms with Gasteiger partial charge in [-0.1, -0.05) is 0 Å². The summed E-state index contributed by atoms with van der Waals surface area (Å²) in [5.41, 5.74) is 1.60. The molecule has 2 N–H and O–H groups in total. The Kier molecular flexibility index (Phi) is 2.55. The highest BCUT2D eigenvalue weighted by Crippen LogP contribution is 2.18. The zero-order valence-corrected chi connectivity index (χ0v) is 8.58. The highest BCUT2D eigenvalue weighted by atomic mass is 16.4. The van der Waals surface area contributed by atoms with Crippen LogP contribution in [0.25, 0.3) is 11.3 Å². The fourth-order valence-corrected chi connectivity index (χ4v) is 1.34. The first-order valence-electron chi connectivity index (χ1n) is 4.61. The smallest absolute Gasteiger partial charge is 0.410 e. The Morgan fingerprint density at radius 1 is 1.50 bits per heavy atom. The van der Waals surface area contributed by atoms with Gasteiger partial charge >= 0.3 is 6.09 Å². The quantitative estimate of drug-likeness (QED) is 0.801. The number of carboxylic acid groups (broad SMARTS) is 1. The number of carbonyl (C=O) groups is 1. The molecule has 82 valence electrons. The molecule has 0 spiro atoms. The van der Waals surface area contributed by atoms with Gasteiger partial charge in [-0.05, 0) is 18.2 Å². The summed E-state index contributed by atoms with van der Waals surface area (Å²) in [4.78, 5) is 14.3. The van der Waals surface area contributed by atoms with E-state index in [2.05, 4.69) is 15.4 Å². The van der Waals surface area contributed by atoms with Crippen LogP contribution in [0.1, 0.15) is 0 Å². The maximum absolute atomic E-state index is 10.4. The summed E-state index contributed by atoms with van der Waals surface area (Å²) < 4.78 is 1.68. The number of hydrogen-bond donors (Lipinski definition) is 2. The van der Waals surface area contributed by atoms with E-state index in [9.17, 15) is 4.79 Å². The Hall–Kier alpha value is -2.37. The lowest BCUT2D eigenvalue weighted by molar-refractivity contribution is 0.209. The lowest BCUT2D eigenvalue weighted by Crippen LogP contribution is -2.08. The van der Waals surface area contributed by atoms with Gasteiger partial charge in [0.25, 0.3) is 0 Å². The molecule has 0 saturated heterocycles. The van der Waals surface area contributed by atoms with Crippen molar-refractivity contribution in [3.8, 4) is 11.3 Å². The van der Waals surface area contributed by atoms with Gasteiger partial charge in [0.05, 0.1) is 5.69 Å². The van der Waals surface area contributed by atoms with Crippen molar-refractivity contribution in [2.45, 2.75) is 0 Å². The molecular weight excluding hydrogens is 208 g/mol. The van der Waals surface area contributed by atoms with Crippen LogP contribution in [0.5, 0.6) is 0 Å². The predicted molar refractivity (Wildman–Crippen MR) is 58.1 cm³/mol. The molecule has 0 atom stereocenters. The summed E-state index contributed by atoms with van der Waals surface area (Å²) in [6.07, 6.45) is 2.22. The first kappa shape index (κ1) is 10.2. The molecule has 0 aliphatic rings. The summed E-state index contributed by atoms with van der Waals surface area (Å²) >= 11 is 0. The number of aromatic nitrogens is 3. The second-order valence-corrected chi connectivity index (χ2v) is 3.23. The lowest BCUT2D eigenvalue weighted by Gasteiger charge is -2.01. The van der Waals surface area contributed by atoms with Gasteiger partial charge in [0, 0.05) is 25.0 Å². The second-order valence-electron chi connectivity index (χ2n) is 3.23. The third-order valence-electron chi connectivity index (χ3n) is 2.00. The minimum absolute atomic E-state index is 0.288. The Bertz CT molecular complexity index is 521. The number of nitrogens with one attached hydrogen (secondary N) is 1. The molecular formula is C10H10N4O2. The minimum Gasteiger partial charge on any atom is -0.465 e. The summed E-state index contributed by atoms with van der Waals surface area (Å²) in [6, 6.07) is 5.26. The molecule has 16 heavy (non-hydrogen) atoms. The second kappa shape index (κ2) is 4.01. The molecule has 2 aromatic rings. The molecule has 2 rings (SSSR count). The molecule has 6 nitrogen and oxygen atoms in total. The SMILES string of the molecule is Cn1ccc(-c2ccnc(NC(=O)O)c2)n1. The maximum Gasteiger partial charge on any atom is 0.410 e. The van der Waals surface area contributed by atoms with Crippen LogP contribution in [0.2, 0.25) is 0 Å². The number of nitrogens with zero attached hydrogens (tertiary/aromatic N) is 3. The average Bonchev–Trinajstić information content (AvgIpc) is 2.64. The van der Waals surface area contributed by atoms with Crippen molar-refractivity contribution in [1.29, 1.82) is 0 Å². The van der Waals surface area contributed by atoms with Crippen molar-refractivity contribution in [3.05, 3.63) is 30.6 Å². The summed E-state index contributed by atoms with van der Waals surface area (Å²) in [5, 5.41) is 15.0. The van der Waals surface area contributed by atoms with E-state index in [4.69, 9.17) is 5.11 Å². The average molecular weight is 218 g/mol. The van der Waals surface area contributed by atoms with E-state index in [1.54, 1.807) is 16.8 Å². The van der Waals surface area contributed by atoms with Gasteiger partial charge in [-0.3, -0.25) is 10.00 Å². The summed E-state index contributed by atoms with van der Waals surface area (Å²) in [7, 11) is 1.82. The van der Waals surface area contributed by atoms with E-state index >= 15 is 0 Å². The first-order chi connectivity index (χ1) is 7.65. The zero-order chi connectivity index (χ0) is 11.5. The molecule has 0 fully saturated rings. The van der Waals surface area contributed by atoms with E-state index in [1.165, 1.54) is 6.20 Å². The standard InChI is InChI=1S/C10H10N4O2/c1-14-5-3-8(13-14)7-2-4-11-9(6-7)12-10(15)16/h2-6H,1H3,(H,11,12)(H,15,16). The molecule has 0 bridgehead atoms. The third-order valence-corrected chi connectivity index (χ3v) is 2.00. The van der Waals surface area contributed by atoms with E-state index in [-0.39, 0.29) is 5.82 Å². The van der Waals surface area contributed by atoms with Crippen LogP contribution in [0.15, 0.2) is 30.6 Å². The Morgan fingerprint density at radius 2 is 2.31 bits per heavy atom. The van der Waals surface area contributed by atoms with Crippen LogP contribution in [0, 0.1) is 0 Å². The van der Waals surface area contributed by atoms with Crippen LogP contribution < -0.4 is 5.32 Å². The number of aryl methyl sites for hydroxylation is 1. The lowest BCUT2D eigenvalue weighted by atomic mass is 10.2. The fourth-order valence-electron chi connectivity index (χ4n) is 1.34. The van der Waals surface area contributed by atoms with Gasteiger partial charge < -0.3 is 5.11 Å². The molecule has 0 aliphatic heterocycles. The first-order valence-corrected chi connectivity index (χ1v) is 4.61. The fraction of sp³-hybridized carbons (Fsp3) is 0.100. The van der Waals surface area contributed by atoms with E-state index in [1.807, 2.05) is 19.3 Å². The van der Waals surface area contributed by atoms with Crippen molar-refractivity contribution >= 4 is 11.9 Å². The van der Waals surface area contributed by atoms with Crippen LogP contribution in [-0.4, -0.2) is 26.0 Å². The molecule has 0 aliphatic carbocycles. The highest BCUT2D eigenvalue weighted by Gasteiger charge is 2.04. The Labute approximate surface area is 91.6 Å². The van der Waals surface area contributed by atoms with E-state index in [0.29, 0.717) is 0 Å². The normalized spacial score (nSPS) is 10.1. The van der Waals surface area contributed by atoms with Crippen molar-refractivity contribution in [1.82, 2.24) is 14.8 Å². The van der Waals surface area contributed by atoms with Crippen LogP contribution in [-0.2, 0) is 7.05 Å². The molecule has 0 saturated carbocycles. The maximum atomic E-state index is 10.4. The van der Waals surface area contributed by atoms with Crippen molar-refractivity contribution in [2.24, 2.45) is 7.05 Å². The van der Waals surface area contributed by atoms with Gasteiger partial charge in [-0.25, -0.2) is 9.78 Å². The number of amides is 1. The monoisotopic (exact) mass is 218 g/mol. The summed E-state index contributed by atoms with van der Waals surface area (Å²) in [6.45, 7) is 0. The van der Waals surface area contributed by atoms with Crippen LogP contribution >= 0.6 is 0 Å². The molecule has 0 unspecified atom stereocenters. The van der Waals surface area contributed by atoms with Crippen molar-refractivity contribution < 1.29 is 9.90 Å². The molecule has 0 radical (unpaired) electrons. The van der Waals surface area contributed by atoms with Gasteiger partial charge in [-0.2, -0.15) is 5.10 Å². The number of anilines is 1. The van der Waals surface area contributed by atoms with Crippen molar-refractivity contribution in [2.75, 3.05) is 5.32 Å². The minimum atomic E-state index is -1.13. The molecule has 6 heteroatoms. The zero-order valence-electron chi connectivity index (χ0n) is 8.58. The van der Waals surface area contributed by atoms with Crippen LogP contribution in [0.3, 0.4) is 0 Å².